The summed E-state index contributed by atoms with van der Waals surface area (Å²) in [6.07, 6.45) is 0. The van der Waals surface area contributed by atoms with Crippen LogP contribution in [0.25, 0.3) is 10.8 Å². The third-order valence-corrected chi connectivity index (χ3v) is 2.35. The zero-order chi connectivity index (χ0) is 10.5. The fraction of sp³-hybridized carbons (Fsp3) is 0.0667. The Balaban J connectivity index is 2.81. The van der Waals surface area contributed by atoms with Crippen LogP contribution in [0.4, 0.5) is 0 Å². The van der Waals surface area contributed by atoms with Crippen molar-refractivity contribution in [3.05, 3.63) is 72.3 Å². The first-order valence-electron chi connectivity index (χ1n) is 5.15. The number of hydrogen-bond acceptors (Lipinski definition) is 0. The van der Waals surface area contributed by atoms with Gasteiger partial charge in [0.15, 0.2) is 0 Å². The van der Waals surface area contributed by atoms with Gasteiger partial charge >= 0.3 is 0 Å². The van der Waals surface area contributed by atoms with Crippen LogP contribution in [0, 0.1) is 6.92 Å². The Morgan fingerprint density at radius 1 is 0.600 bits per heavy atom. The van der Waals surface area contributed by atoms with E-state index in [0.29, 0.717) is 0 Å². The summed E-state index contributed by atoms with van der Waals surface area (Å²) in [6, 6.07) is 23.1. The van der Waals surface area contributed by atoms with Gasteiger partial charge in [0.2, 0.25) is 0 Å². The van der Waals surface area contributed by atoms with Crippen LogP contribution in [-0.2, 0) is 0 Å². The predicted molar refractivity (Wildman–Crippen MR) is 66.3 cm³/mol. The first-order chi connectivity index (χ1) is 7.36. The number of rotatable bonds is 0. The van der Waals surface area contributed by atoms with Gasteiger partial charge in [0.05, 0.1) is 0 Å². The topological polar surface area (TPSA) is 0 Å². The largest absolute Gasteiger partial charge is 0.0623 e. The normalized spacial score (nSPS) is 9.67. The maximum atomic E-state index is 2.20. The molecule has 15 heavy (non-hydrogen) atoms. The van der Waals surface area contributed by atoms with Crippen LogP contribution < -0.4 is 0 Å². The summed E-state index contributed by atoms with van der Waals surface area (Å²) >= 11 is 0. The molecular formula is C15H14. The highest BCUT2D eigenvalue weighted by molar-refractivity contribution is 5.81. The molecule has 0 atom stereocenters. The van der Waals surface area contributed by atoms with E-state index in [1.807, 2.05) is 12.1 Å². The van der Waals surface area contributed by atoms with Crippen LogP contribution in [0.2, 0.25) is 0 Å². The molecule has 0 N–H and O–H groups in total. The van der Waals surface area contributed by atoms with E-state index >= 15 is 0 Å². The van der Waals surface area contributed by atoms with E-state index in [-0.39, 0.29) is 0 Å². The smallest absolute Gasteiger partial charge is 0.0181 e. The summed E-state index contributed by atoms with van der Waals surface area (Å²) in [7, 11) is 0. The molecule has 0 unspecified atom stereocenters. The Hall–Kier alpha value is -1.82. The summed E-state index contributed by atoms with van der Waals surface area (Å²) in [6.45, 7) is 2.12. The molecule has 0 bridgehead atoms. The molecule has 2 aromatic carbocycles. The molecule has 74 valence electrons. The van der Waals surface area contributed by atoms with Crippen LogP contribution in [0.15, 0.2) is 66.7 Å². The standard InChI is InChI=1S/C15H14/c1-13-8-4-2-3-5-9-14-10-6-7-11-15(14)12-13/h2-12H,1H3. The SMILES string of the molecule is Cc1ccccccc2ccccc2c1. The van der Waals surface area contributed by atoms with E-state index in [0.717, 1.165) is 0 Å². The van der Waals surface area contributed by atoms with Gasteiger partial charge in [-0.05, 0) is 17.7 Å². The minimum Gasteiger partial charge on any atom is -0.0623 e. The average molecular weight is 194 g/mol. The highest BCUT2D eigenvalue weighted by Gasteiger charge is 1.86. The van der Waals surface area contributed by atoms with Crippen molar-refractivity contribution in [2.75, 3.05) is 0 Å². The molecule has 0 spiro atoms. The van der Waals surface area contributed by atoms with Crippen LogP contribution >= 0.6 is 0 Å². The van der Waals surface area contributed by atoms with Crippen molar-refractivity contribution in [2.24, 2.45) is 0 Å². The Morgan fingerprint density at radius 3 is 1.87 bits per heavy atom. The van der Waals surface area contributed by atoms with E-state index < -0.39 is 0 Å². The fourth-order valence-corrected chi connectivity index (χ4v) is 1.58. The van der Waals surface area contributed by atoms with Gasteiger partial charge in [0.1, 0.15) is 0 Å². The third-order valence-electron chi connectivity index (χ3n) is 2.35. The molecular weight excluding hydrogens is 180 g/mol. The van der Waals surface area contributed by atoms with Gasteiger partial charge in [-0.1, -0.05) is 72.3 Å². The molecule has 0 aliphatic heterocycles. The fourth-order valence-electron chi connectivity index (χ4n) is 1.58. The minimum atomic E-state index is 1.26. The van der Waals surface area contributed by atoms with Gasteiger partial charge in [-0.25, -0.2) is 0 Å². The molecule has 0 saturated heterocycles. The van der Waals surface area contributed by atoms with Crippen LogP contribution in [-0.4, -0.2) is 0 Å². The Morgan fingerprint density at radius 2 is 1.13 bits per heavy atom. The van der Waals surface area contributed by atoms with Gasteiger partial charge in [0, 0.05) is 0 Å². The van der Waals surface area contributed by atoms with Gasteiger partial charge in [-0.3, -0.25) is 0 Å². The number of hydrogen-bond donors (Lipinski definition) is 0. The highest BCUT2D eigenvalue weighted by Crippen LogP contribution is 2.11. The summed E-state index contributed by atoms with van der Waals surface area (Å²) in [5.74, 6) is 0. The van der Waals surface area contributed by atoms with Gasteiger partial charge in [-0.15, -0.1) is 0 Å². The van der Waals surface area contributed by atoms with E-state index in [4.69, 9.17) is 0 Å². The van der Waals surface area contributed by atoms with Crippen molar-refractivity contribution in [2.45, 2.75) is 6.92 Å². The number of benzene rings is 1. The van der Waals surface area contributed by atoms with Crippen LogP contribution in [0.5, 0.6) is 0 Å². The molecule has 0 amide bonds. The Labute approximate surface area is 90.5 Å². The lowest BCUT2D eigenvalue weighted by Crippen LogP contribution is -1.69. The lowest BCUT2D eigenvalue weighted by Gasteiger charge is -1.93. The van der Waals surface area contributed by atoms with Crippen LogP contribution in [0.3, 0.4) is 0 Å². The van der Waals surface area contributed by atoms with Crippen molar-refractivity contribution in [3.8, 4) is 0 Å². The molecule has 0 heterocycles. The van der Waals surface area contributed by atoms with Crippen molar-refractivity contribution in [1.82, 2.24) is 0 Å². The summed E-state index contributed by atoms with van der Waals surface area (Å²) in [4.78, 5) is 0. The molecule has 0 aromatic heterocycles. The molecule has 0 nitrogen and oxygen atoms in total. The van der Waals surface area contributed by atoms with Gasteiger partial charge < -0.3 is 0 Å². The zero-order valence-corrected chi connectivity index (χ0v) is 8.85. The Kier molecular flexibility index (Phi) is 2.99. The summed E-state index contributed by atoms with van der Waals surface area (Å²) in [5.41, 5.74) is 1.27. The van der Waals surface area contributed by atoms with Crippen molar-refractivity contribution >= 4 is 10.8 Å². The molecule has 0 fully saturated rings. The average Bonchev–Trinajstić information content (AvgIpc) is 2.25. The van der Waals surface area contributed by atoms with Crippen molar-refractivity contribution in [1.29, 1.82) is 0 Å². The van der Waals surface area contributed by atoms with Crippen molar-refractivity contribution in [3.63, 3.8) is 0 Å². The minimum absolute atomic E-state index is 1.26. The molecule has 2 aromatic rings. The van der Waals surface area contributed by atoms with Crippen LogP contribution in [0.1, 0.15) is 5.56 Å². The monoisotopic (exact) mass is 194 g/mol. The molecule has 0 radical (unpaired) electrons. The molecule has 0 aliphatic rings. The molecule has 0 aliphatic carbocycles. The second-order valence-electron chi connectivity index (χ2n) is 3.62. The highest BCUT2D eigenvalue weighted by atomic mass is 13.9. The lowest BCUT2D eigenvalue weighted by atomic mass is 10.1. The first-order valence-corrected chi connectivity index (χ1v) is 5.15. The molecule has 0 heteroatoms. The van der Waals surface area contributed by atoms with E-state index in [1.165, 1.54) is 16.3 Å². The predicted octanol–water partition coefficient (Wildman–Crippen LogP) is 4.27. The summed E-state index contributed by atoms with van der Waals surface area (Å²) < 4.78 is 0. The second-order valence-corrected chi connectivity index (χ2v) is 3.62. The quantitative estimate of drug-likeness (QED) is 0.587. The number of aryl methyl sites for hydroxylation is 1. The van der Waals surface area contributed by atoms with Gasteiger partial charge in [0.25, 0.3) is 0 Å². The van der Waals surface area contributed by atoms with Gasteiger partial charge in [-0.2, -0.15) is 0 Å². The molecule has 2 rings (SSSR count). The maximum absolute atomic E-state index is 2.20. The van der Waals surface area contributed by atoms with E-state index in [2.05, 4.69) is 61.5 Å². The van der Waals surface area contributed by atoms with Crippen molar-refractivity contribution < 1.29 is 0 Å². The maximum Gasteiger partial charge on any atom is -0.0181 e. The number of fused-ring (bicyclic) bond motifs is 1. The summed E-state index contributed by atoms with van der Waals surface area (Å²) in [5, 5.41) is 2.53. The first kappa shape index (κ1) is 9.72. The van der Waals surface area contributed by atoms with E-state index in [9.17, 15) is 0 Å². The zero-order valence-electron chi connectivity index (χ0n) is 8.85. The second kappa shape index (κ2) is 4.61. The van der Waals surface area contributed by atoms with E-state index in [1.54, 1.807) is 0 Å². The third kappa shape index (κ3) is 2.57. The molecule has 0 saturated carbocycles. The Bertz CT molecular complexity index is 511. The lowest BCUT2D eigenvalue weighted by molar-refractivity contribution is 1.51.